The van der Waals surface area contributed by atoms with Gasteiger partial charge in [0.05, 0.1) is 12.5 Å². The van der Waals surface area contributed by atoms with Gasteiger partial charge in [0.15, 0.2) is 0 Å². The highest BCUT2D eigenvalue weighted by Crippen LogP contribution is 2.15. The third-order valence-corrected chi connectivity index (χ3v) is 3.41. The Balaban J connectivity index is 2.60. The predicted molar refractivity (Wildman–Crippen MR) is 74.9 cm³/mol. The van der Waals surface area contributed by atoms with Gasteiger partial charge in [-0.3, -0.25) is 9.59 Å². The van der Waals surface area contributed by atoms with Crippen molar-refractivity contribution in [2.75, 3.05) is 13.3 Å². The highest BCUT2D eigenvalue weighted by molar-refractivity contribution is 7.98. The summed E-state index contributed by atoms with van der Waals surface area (Å²) in [6.45, 7) is 0.417. The van der Waals surface area contributed by atoms with Crippen molar-refractivity contribution in [3.05, 3.63) is 29.8 Å². The number of hydrogen-bond donors (Lipinski definition) is 2. The molecule has 0 aliphatic carbocycles. The summed E-state index contributed by atoms with van der Waals surface area (Å²) >= 11 is 1.65. The summed E-state index contributed by atoms with van der Waals surface area (Å²) < 4.78 is 0. The highest BCUT2D eigenvalue weighted by atomic mass is 32.2. The first-order valence-corrected chi connectivity index (χ1v) is 7.01. The van der Waals surface area contributed by atoms with Crippen LogP contribution in [0.3, 0.4) is 0 Å². The van der Waals surface area contributed by atoms with E-state index in [1.807, 2.05) is 30.5 Å². The Morgan fingerprint density at radius 1 is 1.37 bits per heavy atom. The van der Waals surface area contributed by atoms with Crippen molar-refractivity contribution in [3.8, 4) is 0 Å². The van der Waals surface area contributed by atoms with E-state index < -0.39 is 12.0 Å². The topological polar surface area (TPSA) is 83.6 Å². The number of benzene rings is 1. The van der Waals surface area contributed by atoms with E-state index >= 15 is 0 Å². The second kappa shape index (κ2) is 7.16. The molecule has 0 radical (unpaired) electrons. The molecular formula is C13H18N2O3S. The molecule has 19 heavy (non-hydrogen) atoms. The van der Waals surface area contributed by atoms with Gasteiger partial charge in [0, 0.05) is 18.5 Å². The Bertz CT molecular complexity index is 448. The Morgan fingerprint density at radius 3 is 2.42 bits per heavy atom. The summed E-state index contributed by atoms with van der Waals surface area (Å²) in [5.41, 5.74) is 6.53. The molecule has 1 atom stereocenters. The average molecular weight is 282 g/mol. The summed E-state index contributed by atoms with van der Waals surface area (Å²) in [4.78, 5) is 25.0. The maximum absolute atomic E-state index is 11.8. The van der Waals surface area contributed by atoms with Gasteiger partial charge in [0.1, 0.15) is 0 Å². The zero-order valence-electron chi connectivity index (χ0n) is 11.0. The van der Waals surface area contributed by atoms with E-state index in [2.05, 4.69) is 0 Å². The summed E-state index contributed by atoms with van der Waals surface area (Å²) in [6.07, 6.45) is 1.64. The van der Waals surface area contributed by atoms with Crippen LogP contribution < -0.4 is 5.73 Å². The molecule has 3 N–H and O–H groups in total. The Labute approximate surface area is 116 Å². The lowest BCUT2D eigenvalue weighted by molar-refractivity contribution is -0.141. The van der Waals surface area contributed by atoms with Crippen LogP contribution in [0.5, 0.6) is 0 Å². The van der Waals surface area contributed by atoms with Crippen molar-refractivity contribution < 1.29 is 14.7 Å². The number of carbonyl (C=O) groups excluding carboxylic acids is 1. The number of nitrogens with zero attached hydrogens (tertiary/aromatic N) is 1. The van der Waals surface area contributed by atoms with E-state index in [1.165, 1.54) is 4.90 Å². The van der Waals surface area contributed by atoms with Gasteiger partial charge in [-0.1, -0.05) is 12.1 Å². The van der Waals surface area contributed by atoms with Crippen molar-refractivity contribution in [1.82, 2.24) is 4.90 Å². The van der Waals surface area contributed by atoms with Gasteiger partial charge in [-0.05, 0) is 24.0 Å². The quantitative estimate of drug-likeness (QED) is 0.765. The number of aliphatic carboxylic acids is 1. The number of hydrogen-bond acceptors (Lipinski definition) is 4. The van der Waals surface area contributed by atoms with Crippen LogP contribution in [-0.4, -0.2) is 41.2 Å². The third-order valence-electron chi connectivity index (χ3n) is 2.67. The monoisotopic (exact) mass is 282 g/mol. The highest BCUT2D eigenvalue weighted by Gasteiger charge is 2.20. The molecule has 0 aliphatic heterocycles. The van der Waals surface area contributed by atoms with E-state index in [-0.39, 0.29) is 12.3 Å². The van der Waals surface area contributed by atoms with Gasteiger partial charge >= 0.3 is 5.97 Å². The van der Waals surface area contributed by atoms with Crippen LogP contribution >= 0.6 is 11.8 Å². The average Bonchev–Trinajstić information content (AvgIpc) is 2.37. The molecule has 1 rings (SSSR count). The minimum Gasteiger partial charge on any atom is -0.481 e. The van der Waals surface area contributed by atoms with Crippen molar-refractivity contribution in [3.63, 3.8) is 0 Å². The molecule has 0 fully saturated rings. The number of carbonyl (C=O) groups is 2. The van der Waals surface area contributed by atoms with Crippen molar-refractivity contribution in [2.24, 2.45) is 5.73 Å². The van der Waals surface area contributed by atoms with Crippen molar-refractivity contribution in [2.45, 2.75) is 23.9 Å². The Kier molecular flexibility index (Phi) is 5.85. The molecule has 5 nitrogen and oxygen atoms in total. The van der Waals surface area contributed by atoms with Crippen molar-refractivity contribution >= 4 is 23.6 Å². The molecule has 6 heteroatoms. The number of likely N-dealkylation sites (N-methyl/N-ethyl adjacent to an activating group) is 1. The standard InChI is InChI=1S/C13H18N2O3S/c1-15(13(18)11(14)7-12(16)17)8-9-3-5-10(19-2)6-4-9/h3-6,11H,7-8,14H2,1-2H3,(H,16,17). The molecule has 0 saturated carbocycles. The first-order chi connectivity index (χ1) is 8.93. The predicted octanol–water partition coefficient (Wildman–Crippen LogP) is 1.17. The van der Waals surface area contributed by atoms with Crippen molar-refractivity contribution in [1.29, 1.82) is 0 Å². The minimum atomic E-state index is -1.07. The number of carboxylic acids is 1. The largest absolute Gasteiger partial charge is 0.481 e. The molecule has 0 bridgehead atoms. The second-order valence-corrected chi connectivity index (χ2v) is 5.13. The van der Waals surface area contributed by atoms with Gasteiger partial charge in [0.2, 0.25) is 5.91 Å². The van der Waals surface area contributed by atoms with Gasteiger partial charge in [0.25, 0.3) is 0 Å². The maximum Gasteiger partial charge on any atom is 0.305 e. The molecule has 104 valence electrons. The lowest BCUT2D eigenvalue weighted by atomic mass is 10.1. The number of nitrogens with two attached hydrogens (primary N) is 1. The SMILES string of the molecule is CSc1ccc(CN(C)C(=O)C(N)CC(=O)O)cc1. The van der Waals surface area contributed by atoms with Crippen LogP contribution in [0.15, 0.2) is 29.2 Å². The molecular weight excluding hydrogens is 264 g/mol. The van der Waals surface area contributed by atoms with E-state index in [0.29, 0.717) is 6.54 Å². The van der Waals surface area contributed by atoms with Gasteiger partial charge in [-0.15, -0.1) is 11.8 Å². The molecule has 0 saturated heterocycles. The Morgan fingerprint density at radius 2 is 1.95 bits per heavy atom. The molecule has 0 aromatic heterocycles. The summed E-state index contributed by atoms with van der Waals surface area (Å²) in [5.74, 6) is -1.44. The molecule has 0 heterocycles. The summed E-state index contributed by atoms with van der Waals surface area (Å²) in [7, 11) is 1.62. The normalized spacial score (nSPS) is 11.9. The van der Waals surface area contributed by atoms with Crippen LogP contribution in [0, 0.1) is 0 Å². The molecule has 1 amide bonds. The number of thioether (sulfide) groups is 1. The van der Waals surface area contributed by atoms with E-state index in [1.54, 1.807) is 18.8 Å². The molecule has 0 spiro atoms. The first kappa shape index (κ1) is 15.5. The van der Waals surface area contributed by atoms with Crippen LogP contribution in [-0.2, 0) is 16.1 Å². The fraction of sp³-hybridized carbons (Fsp3) is 0.385. The van der Waals surface area contributed by atoms with Gasteiger partial charge in [-0.25, -0.2) is 0 Å². The summed E-state index contributed by atoms with van der Waals surface area (Å²) in [6, 6.07) is 6.86. The van der Waals surface area contributed by atoms with Crippen LogP contribution in [0.1, 0.15) is 12.0 Å². The zero-order valence-corrected chi connectivity index (χ0v) is 11.8. The lowest BCUT2D eigenvalue weighted by Gasteiger charge is -2.20. The van der Waals surface area contributed by atoms with E-state index in [0.717, 1.165) is 10.5 Å². The zero-order chi connectivity index (χ0) is 14.4. The second-order valence-electron chi connectivity index (χ2n) is 4.25. The molecule has 1 unspecified atom stereocenters. The fourth-order valence-corrected chi connectivity index (χ4v) is 2.05. The van der Waals surface area contributed by atoms with Gasteiger partial charge < -0.3 is 15.7 Å². The van der Waals surface area contributed by atoms with Crippen LogP contribution in [0.4, 0.5) is 0 Å². The van der Waals surface area contributed by atoms with Gasteiger partial charge in [-0.2, -0.15) is 0 Å². The number of amides is 1. The van der Waals surface area contributed by atoms with Crippen LogP contribution in [0.2, 0.25) is 0 Å². The molecule has 1 aromatic rings. The Hall–Kier alpha value is -1.53. The fourth-order valence-electron chi connectivity index (χ4n) is 1.64. The minimum absolute atomic E-state index is 0.353. The smallest absolute Gasteiger partial charge is 0.305 e. The molecule has 1 aromatic carbocycles. The summed E-state index contributed by atoms with van der Waals surface area (Å²) in [5, 5.41) is 8.61. The first-order valence-electron chi connectivity index (χ1n) is 5.79. The molecule has 0 aliphatic rings. The lowest BCUT2D eigenvalue weighted by Crippen LogP contribution is -2.42. The van der Waals surface area contributed by atoms with E-state index in [9.17, 15) is 9.59 Å². The number of rotatable bonds is 6. The van der Waals surface area contributed by atoms with Crippen LogP contribution in [0.25, 0.3) is 0 Å². The maximum atomic E-state index is 11.8. The third kappa shape index (κ3) is 4.92. The van der Waals surface area contributed by atoms with E-state index in [4.69, 9.17) is 10.8 Å². The number of carboxylic acid groups (broad SMARTS) is 1.